The molecule has 1 aromatic heterocycles. The third kappa shape index (κ3) is 2.32. The van der Waals surface area contributed by atoms with Crippen molar-refractivity contribution < 1.29 is 12.8 Å². The molecule has 2 heterocycles. The van der Waals surface area contributed by atoms with E-state index in [1.807, 2.05) is 6.07 Å². The summed E-state index contributed by atoms with van der Waals surface area (Å²) in [7, 11) is -3.85. The number of nitrogens with zero attached hydrogens (tertiary/aromatic N) is 1. The van der Waals surface area contributed by atoms with E-state index in [4.69, 9.17) is 0 Å². The first-order chi connectivity index (χ1) is 11.5. The van der Waals surface area contributed by atoms with Crippen molar-refractivity contribution in [1.29, 1.82) is 0 Å². The van der Waals surface area contributed by atoms with Crippen molar-refractivity contribution in [3.8, 4) is 11.8 Å². The molecule has 6 heteroatoms. The normalized spacial score (nSPS) is 27.9. The molecule has 1 saturated heterocycles. The van der Waals surface area contributed by atoms with E-state index in [9.17, 15) is 12.8 Å². The van der Waals surface area contributed by atoms with Crippen LogP contribution >= 0.6 is 0 Å². The van der Waals surface area contributed by atoms with Crippen molar-refractivity contribution in [3.63, 3.8) is 0 Å². The minimum absolute atomic E-state index is 0.181. The van der Waals surface area contributed by atoms with Crippen molar-refractivity contribution in [1.82, 2.24) is 10.3 Å². The SMILES string of the molecule is O=S(=O)(c1ccccc1F)C1NCC2CC21C#Cc1ccccn1. The predicted molar refractivity (Wildman–Crippen MR) is 87.0 cm³/mol. The van der Waals surface area contributed by atoms with Crippen molar-refractivity contribution >= 4 is 9.84 Å². The Kier molecular flexibility index (Phi) is 3.44. The van der Waals surface area contributed by atoms with Crippen molar-refractivity contribution in [3.05, 3.63) is 60.2 Å². The molecular formula is C18H15FN2O2S. The number of hydrogen-bond donors (Lipinski definition) is 1. The van der Waals surface area contributed by atoms with Crippen LogP contribution in [0, 0.1) is 29.0 Å². The highest BCUT2D eigenvalue weighted by atomic mass is 32.2. The second kappa shape index (κ2) is 5.40. The van der Waals surface area contributed by atoms with Gasteiger partial charge in [0.2, 0.25) is 0 Å². The maximum Gasteiger partial charge on any atom is 0.198 e. The quantitative estimate of drug-likeness (QED) is 0.848. The summed E-state index contributed by atoms with van der Waals surface area (Å²) in [6.07, 6.45) is 2.35. The Hall–Kier alpha value is -2.23. The molecular weight excluding hydrogens is 327 g/mol. The Morgan fingerprint density at radius 2 is 2.00 bits per heavy atom. The highest BCUT2D eigenvalue weighted by Crippen LogP contribution is 2.60. The van der Waals surface area contributed by atoms with Crippen LogP contribution in [0.25, 0.3) is 0 Å². The Morgan fingerprint density at radius 1 is 1.21 bits per heavy atom. The average molecular weight is 342 g/mol. The van der Waals surface area contributed by atoms with E-state index in [2.05, 4.69) is 22.1 Å². The summed E-state index contributed by atoms with van der Waals surface area (Å²) in [4.78, 5) is 3.88. The maximum absolute atomic E-state index is 14.0. The molecule has 0 amide bonds. The number of halogens is 1. The fraction of sp³-hybridized carbons (Fsp3) is 0.278. The van der Waals surface area contributed by atoms with E-state index in [0.717, 1.165) is 0 Å². The van der Waals surface area contributed by atoms with Crippen LogP contribution in [0.2, 0.25) is 0 Å². The van der Waals surface area contributed by atoms with Gasteiger partial charge in [-0.25, -0.2) is 17.8 Å². The molecule has 1 aliphatic heterocycles. The summed E-state index contributed by atoms with van der Waals surface area (Å²) < 4.78 is 39.8. The summed E-state index contributed by atoms with van der Waals surface area (Å²) >= 11 is 0. The van der Waals surface area contributed by atoms with Gasteiger partial charge >= 0.3 is 0 Å². The van der Waals surface area contributed by atoms with Gasteiger partial charge in [-0.3, -0.25) is 5.32 Å². The summed E-state index contributed by atoms with van der Waals surface area (Å²) in [5.74, 6) is 5.55. The van der Waals surface area contributed by atoms with Gasteiger partial charge in [0, 0.05) is 12.7 Å². The predicted octanol–water partition coefficient (Wildman–Crippen LogP) is 1.98. The number of sulfone groups is 1. The molecule has 1 N–H and O–H groups in total. The second-order valence-electron chi connectivity index (χ2n) is 6.17. The van der Waals surface area contributed by atoms with Crippen LogP contribution in [0.3, 0.4) is 0 Å². The van der Waals surface area contributed by atoms with Gasteiger partial charge in [-0.2, -0.15) is 0 Å². The third-order valence-corrected chi connectivity index (χ3v) is 6.86. The van der Waals surface area contributed by atoms with Gasteiger partial charge in [0.25, 0.3) is 0 Å². The van der Waals surface area contributed by atoms with Crippen LogP contribution in [-0.4, -0.2) is 25.3 Å². The topological polar surface area (TPSA) is 59.1 Å². The summed E-state index contributed by atoms with van der Waals surface area (Å²) in [5.41, 5.74) is -0.0509. The van der Waals surface area contributed by atoms with E-state index in [0.29, 0.717) is 18.7 Å². The first-order valence-corrected chi connectivity index (χ1v) is 9.25. The molecule has 2 aliphatic rings. The standard InChI is InChI=1S/C18H15FN2O2S/c19-15-6-1-2-7-16(15)24(22,23)17-18(11-13(18)12-21-17)9-8-14-5-3-4-10-20-14/h1-7,10,13,17,21H,11-12H2. The van der Waals surface area contributed by atoms with Crippen molar-refractivity contribution in [2.24, 2.45) is 11.3 Å². The zero-order valence-corrected chi connectivity index (χ0v) is 13.6. The molecule has 1 aromatic carbocycles. The minimum Gasteiger partial charge on any atom is -0.299 e. The fourth-order valence-corrected chi connectivity index (χ4v) is 5.46. The van der Waals surface area contributed by atoms with E-state index >= 15 is 0 Å². The number of aromatic nitrogens is 1. The molecule has 4 nitrogen and oxygen atoms in total. The molecule has 1 aliphatic carbocycles. The lowest BCUT2D eigenvalue weighted by Gasteiger charge is -2.20. The fourth-order valence-electron chi connectivity index (χ4n) is 3.38. The molecule has 2 aromatic rings. The minimum atomic E-state index is -3.85. The zero-order valence-electron chi connectivity index (χ0n) is 12.7. The van der Waals surface area contributed by atoms with Gasteiger partial charge in [-0.1, -0.05) is 24.1 Å². The molecule has 3 unspecified atom stereocenters. The molecule has 0 bridgehead atoms. The van der Waals surface area contributed by atoms with Crippen LogP contribution in [0.4, 0.5) is 4.39 Å². The zero-order chi connectivity index (χ0) is 16.8. The highest BCUT2D eigenvalue weighted by molar-refractivity contribution is 7.92. The number of nitrogens with one attached hydrogen (secondary N) is 1. The van der Waals surface area contributed by atoms with E-state index in [1.54, 1.807) is 18.3 Å². The largest absolute Gasteiger partial charge is 0.299 e. The van der Waals surface area contributed by atoms with Crippen LogP contribution < -0.4 is 5.32 Å². The van der Waals surface area contributed by atoms with E-state index in [1.165, 1.54) is 24.3 Å². The van der Waals surface area contributed by atoms with Crippen LogP contribution in [0.5, 0.6) is 0 Å². The molecule has 1 saturated carbocycles. The maximum atomic E-state index is 14.0. The lowest BCUT2D eigenvalue weighted by Crippen LogP contribution is -2.39. The number of piperidine rings is 1. The van der Waals surface area contributed by atoms with Gasteiger partial charge in [-0.15, -0.1) is 0 Å². The first-order valence-electron chi connectivity index (χ1n) is 7.70. The number of rotatable bonds is 2. The summed E-state index contributed by atoms with van der Waals surface area (Å²) in [6, 6.07) is 10.9. The Balaban J connectivity index is 1.72. The Morgan fingerprint density at radius 3 is 2.71 bits per heavy atom. The van der Waals surface area contributed by atoms with Gasteiger partial charge in [0.1, 0.15) is 21.8 Å². The number of benzene rings is 1. The third-order valence-electron chi connectivity index (χ3n) is 4.71. The van der Waals surface area contributed by atoms with Crippen LogP contribution in [0.15, 0.2) is 53.6 Å². The molecule has 2 fully saturated rings. The van der Waals surface area contributed by atoms with Gasteiger partial charge in [-0.05, 0) is 42.5 Å². The molecule has 24 heavy (non-hydrogen) atoms. The average Bonchev–Trinajstić information content (AvgIpc) is 3.17. The van der Waals surface area contributed by atoms with Gasteiger partial charge < -0.3 is 0 Å². The lowest BCUT2D eigenvalue weighted by atomic mass is 10.1. The summed E-state index contributed by atoms with van der Waals surface area (Å²) in [6.45, 7) is 0.579. The molecule has 0 spiro atoms. The van der Waals surface area contributed by atoms with Crippen molar-refractivity contribution in [2.45, 2.75) is 16.7 Å². The second-order valence-corrected chi connectivity index (χ2v) is 8.17. The Bertz CT molecular complexity index is 950. The van der Waals surface area contributed by atoms with Crippen LogP contribution in [-0.2, 0) is 9.84 Å². The number of hydrogen-bond acceptors (Lipinski definition) is 4. The van der Waals surface area contributed by atoms with E-state index < -0.39 is 26.4 Å². The smallest absolute Gasteiger partial charge is 0.198 e. The lowest BCUT2D eigenvalue weighted by molar-refractivity contribution is 0.516. The van der Waals surface area contributed by atoms with Crippen molar-refractivity contribution in [2.75, 3.05) is 6.54 Å². The van der Waals surface area contributed by atoms with Gasteiger partial charge in [0.05, 0.1) is 5.41 Å². The monoisotopic (exact) mass is 342 g/mol. The Labute approximate surface area is 140 Å². The molecule has 3 atom stereocenters. The highest BCUT2D eigenvalue weighted by Gasteiger charge is 2.66. The molecule has 4 rings (SSSR count). The summed E-state index contributed by atoms with van der Waals surface area (Å²) in [5, 5.41) is 2.14. The molecule has 122 valence electrons. The molecule has 0 radical (unpaired) electrons. The number of fused-ring (bicyclic) bond motifs is 1. The van der Waals surface area contributed by atoms with Gasteiger partial charge in [0.15, 0.2) is 9.84 Å². The first kappa shape index (κ1) is 15.3. The number of pyridine rings is 1. The van der Waals surface area contributed by atoms with Crippen LogP contribution in [0.1, 0.15) is 12.1 Å². The van der Waals surface area contributed by atoms with E-state index in [-0.39, 0.29) is 10.8 Å².